The minimum atomic E-state index is -4.16. The van der Waals surface area contributed by atoms with Crippen molar-refractivity contribution in [3.05, 3.63) is 90.0 Å². The van der Waals surface area contributed by atoms with Gasteiger partial charge in [0, 0.05) is 13.1 Å². The maximum Gasteiger partial charge on any atom is 0.264 e. The molecule has 0 saturated carbocycles. The first-order chi connectivity index (χ1) is 18.2. The van der Waals surface area contributed by atoms with Crippen LogP contribution in [0.2, 0.25) is 0 Å². The van der Waals surface area contributed by atoms with E-state index in [0.29, 0.717) is 12.3 Å². The summed E-state index contributed by atoms with van der Waals surface area (Å²) < 4.78 is 34.3. The average molecular weight is 538 g/mol. The van der Waals surface area contributed by atoms with E-state index < -0.39 is 28.5 Å². The number of hydrogen-bond acceptors (Lipinski definition) is 5. The van der Waals surface area contributed by atoms with Gasteiger partial charge in [0.1, 0.15) is 18.3 Å². The van der Waals surface area contributed by atoms with E-state index >= 15 is 0 Å². The summed E-state index contributed by atoms with van der Waals surface area (Å²) in [6, 6.07) is 21.6. The summed E-state index contributed by atoms with van der Waals surface area (Å²) >= 11 is 0. The number of rotatable bonds is 12. The number of methoxy groups -OCH3 is 1. The first-order valence-corrected chi connectivity index (χ1v) is 14.0. The standard InChI is InChI=1S/C29H35N3O5S/c1-5-18-30-29(34)23(3)31(20-24-12-8-6-9-13-24)28(33)21-32(26-19-22(2)16-17-27(26)37-4)38(35,36)25-14-10-7-11-15-25/h6-17,19,23H,5,18,20-21H2,1-4H3,(H,30,34)/t23-/m1/s1. The third kappa shape index (κ3) is 6.92. The molecule has 0 fully saturated rings. The van der Waals surface area contributed by atoms with E-state index in [1.807, 2.05) is 44.2 Å². The van der Waals surface area contributed by atoms with E-state index in [9.17, 15) is 18.0 Å². The van der Waals surface area contributed by atoms with E-state index in [-0.39, 0.29) is 23.0 Å². The minimum Gasteiger partial charge on any atom is -0.495 e. The molecule has 0 aliphatic rings. The molecule has 202 valence electrons. The Balaban J connectivity index is 2.06. The molecule has 1 N–H and O–H groups in total. The highest BCUT2D eigenvalue weighted by Crippen LogP contribution is 2.33. The molecule has 0 bridgehead atoms. The molecule has 0 saturated heterocycles. The van der Waals surface area contributed by atoms with Gasteiger partial charge in [-0.25, -0.2) is 8.42 Å². The van der Waals surface area contributed by atoms with E-state index in [1.54, 1.807) is 43.3 Å². The highest BCUT2D eigenvalue weighted by Gasteiger charge is 2.33. The van der Waals surface area contributed by atoms with Crippen molar-refractivity contribution in [1.82, 2.24) is 10.2 Å². The molecule has 0 radical (unpaired) electrons. The van der Waals surface area contributed by atoms with Crippen molar-refractivity contribution >= 4 is 27.5 Å². The molecule has 0 aliphatic heterocycles. The van der Waals surface area contributed by atoms with Gasteiger partial charge in [-0.3, -0.25) is 13.9 Å². The number of aryl methyl sites for hydroxylation is 1. The number of sulfonamides is 1. The molecule has 38 heavy (non-hydrogen) atoms. The molecular formula is C29H35N3O5S. The van der Waals surface area contributed by atoms with E-state index in [4.69, 9.17) is 4.74 Å². The van der Waals surface area contributed by atoms with Gasteiger partial charge in [-0.2, -0.15) is 0 Å². The third-order valence-electron chi connectivity index (χ3n) is 6.13. The lowest BCUT2D eigenvalue weighted by atomic mass is 10.1. The van der Waals surface area contributed by atoms with Crippen LogP contribution in [0, 0.1) is 6.92 Å². The lowest BCUT2D eigenvalue weighted by molar-refractivity contribution is -0.139. The Labute approximate surface area is 225 Å². The van der Waals surface area contributed by atoms with Gasteiger partial charge in [0.25, 0.3) is 10.0 Å². The molecule has 0 unspecified atom stereocenters. The summed E-state index contributed by atoms with van der Waals surface area (Å²) in [4.78, 5) is 28.3. The van der Waals surface area contributed by atoms with Gasteiger partial charge in [0.15, 0.2) is 0 Å². The van der Waals surface area contributed by atoms with E-state index in [2.05, 4.69) is 5.32 Å². The fourth-order valence-electron chi connectivity index (χ4n) is 3.99. The predicted molar refractivity (Wildman–Crippen MR) is 148 cm³/mol. The number of nitrogens with one attached hydrogen (secondary N) is 1. The van der Waals surface area contributed by atoms with Crippen molar-refractivity contribution in [3.8, 4) is 5.75 Å². The van der Waals surface area contributed by atoms with Crippen LogP contribution in [0.1, 0.15) is 31.4 Å². The molecule has 3 aromatic carbocycles. The summed E-state index contributed by atoms with van der Waals surface area (Å²) in [6.45, 7) is 5.53. The Morgan fingerprint density at radius 1 is 0.974 bits per heavy atom. The lowest BCUT2D eigenvalue weighted by Gasteiger charge is -2.32. The Morgan fingerprint density at radius 2 is 1.61 bits per heavy atom. The Hall–Kier alpha value is -3.85. The highest BCUT2D eigenvalue weighted by molar-refractivity contribution is 7.92. The highest BCUT2D eigenvalue weighted by atomic mass is 32.2. The summed E-state index contributed by atoms with van der Waals surface area (Å²) in [6.07, 6.45) is 0.751. The number of amides is 2. The maximum atomic E-state index is 13.9. The van der Waals surface area contributed by atoms with Crippen LogP contribution in [0.5, 0.6) is 5.75 Å². The summed E-state index contributed by atoms with van der Waals surface area (Å²) in [5, 5.41) is 2.84. The molecule has 8 nitrogen and oxygen atoms in total. The second kappa shape index (κ2) is 13.1. The number of carbonyl (C=O) groups excluding carboxylic acids is 2. The van der Waals surface area contributed by atoms with E-state index in [1.165, 1.54) is 24.1 Å². The number of nitrogens with zero attached hydrogens (tertiary/aromatic N) is 2. The second-order valence-electron chi connectivity index (χ2n) is 8.97. The largest absolute Gasteiger partial charge is 0.495 e. The zero-order valence-corrected chi connectivity index (χ0v) is 23.1. The smallest absolute Gasteiger partial charge is 0.264 e. The lowest BCUT2D eigenvalue weighted by Crippen LogP contribution is -2.51. The van der Waals surface area contributed by atoms with Gasteiger partial charge in [-0.1, -0.05) is 61.5 Å². The fourth-order valence-corrected chi connectivity index (χ4v) is 5.42. The number of ether oxygens (including phenoxy) is 1. The zero-order valence-electron chi connectivity index (χ0n) is 22.3. The molecule has 2 amide bonds. The van der Waals surface area contributed by atoms with Gasteiger partial charge >= 0.3 is 0 Å². The van der Waals surface area contributed by atoms with Crippen molar-refractivity contribution in [2.45, 2.75) is 44.7 Å². The third-order valence-corrected chi connectivity index (χ3v) is 7.90. The Morgan fingerprint density at radius 3 is 2.21 bits per heavy atom. The van der Waals surface area contributed by atoms with Gasteiger partial charge in [-0.15, -0.1) is 0 Å². The van der Waals surface area contributed by atoms with Gasteiger partial charge < -0.3 is 15.0 Å². The molecular weight excluding hydrogens is 502 g/mol. The molecule has 3 rings (SSSR count). The molecule has 0 aliphatic carbocycles. The Bertz CT molecular complexity index is 1330. The van der Waals surface area contributed by atoms with Gasteiger partial charge in [-0.05, 0) is 55.7 Å². The molecule has 3 aromatic rings. The number of benzene rings is 3. The monoisotopic (exact) mass is 537 g/mol. The molecule has 9 heteroatoms. The maximum absolute atomic E-state index is 13.9. The van der Waals surface area contributed by atoms with Crippen molar-refractivity contribution in [1.29, 1.82) is 0 Å². The summed E-state index contributed by atoms with van der Waals surface area (Å²) in [5.74, 6) is -0.510. The fraction of sp³-hybridized carbons (Fsp3) is 0.310. The molecule has 0 heterocycles. The quantitative estimate of drug-likeness (QED) is 0.375. The van der Waals surface area contributed by atoms with Gasteiger partial charge in [0.2, 0.25) is 11.8 Å². The topological polar surface area (TPSA) is 96.0 Å². The average Bonchev–Trinajstić information content (AvgIpc) is 2.93. The predicted octanol–water partition coefficient (Wildman–Crippen LogP) is 4.14. The van der Waals surface area contributed by atoms with Crippen LogP contribution in [-0.2, 0) is 26.2 Å². The number of hydrogen-bond donors (Lipinski definition) is 1. The molecule has 0 spiro atoms. The van der Waals surface area contributed by atoms with Crippen molar-refractivity contribution in [2.24, 2.45) is 0 Å². The minimum absolute atomic E-state index is 0.0414. The zero-order chi connectivity index (χ0) is 27.7. The molecule has 1 atom stereocenters. The first kappa shape index (κ1) is 28.7. The van der Waals surface area contributed by atoms with Crippen LogP contribution in [-0.4, -0.2) is 51.4 Å². The van der Waals surface area contributed by atoms with Crippen LogP contribution in [0.25, 0.3) is 0 Å². The van der Waals surface area contributed by atoms with E-state index in [0.717, 1.165) is 21.9 Å². The summed E-state index contributed by atoms with van der Waals surface area (Å²) in [5.41, 5.74) is 1.86. The normalized spacial score (nSPS) is 11.9. The van der Waals surface area contributed by atoms with Crippen molar-refractivity contribution < 1.29 is 22.7 Å². The van der Waals surface area contributed by atoms with Crippen LogP contribution in [0.15, 0.2) is 83.8 Å². The number of carbonyl (C=O) groups is 2. The van der Waals surface area contributed by atoms with Crippen LogP contribution in [0.4, 0.5) is 5.69 Å². The van der Waals surface area contributed by atoms with Crippen molar-refractivity contribution in [3.63, 3.8) is 0 Å². The second-order valence-corrected chi connectivity index (χ2v) is 10.8. The summed E-state index contributed by atoms with van der Waals surface area (Å²) in [7, 11) is -2.71. The first-order valence-electron chi connectivity index (χ1n) is 12.5. The van der Waals surface area contributed by atoms with Crippen LogP contribution < -0.4 is 14.4 Å². The van der Waals surface area contributed by atoms with Gasteiger partial charge in [0.05, 0.1) is 17.7 Å². The SMILES string of the molecule is CCCNC(=O)[C@@H](C)N(Cc1ccccc1)C(=O)CN(c1cc(C)ccc1OC)S(=O)(=O)c1ccccc1. The Kier molecular flexibility index (Phi) is 9.90. The van der Waals surface area contributed by atoms with Crippen molar-refractivity contribution in [2.75, 3.05) is 24.5 Å². The number of anilines is 1. The van der Waals surface area contributed by atoms with Crippen LogP contribution >= 0.6 is 0 Å². The van der Waals surface area contributed by atoms with Crippen LogP contribution in [0.3, 0.4) is 0 Å². The molecule has 0 aromatic heterocycles.